The molecule has 0 aliphatic heterocycles. The number of nitrogens with one attached hydrogen (secondary N) is 1. The van der Waals surface area contributed by atoms with Crippen LogP contribution in [0.3, 0.4) is 0 Å². The molecule has 0 spiro atoms. The number of aliphatic hydroxyl groups excluding tert-OH is 1. The normalized spacial score (nSPS) is 18.2. The van der Waals surface area contributed by atoms with Gasteiger partial charge in [-0.25, -0.2) is 0 Å². The van der Waals surface area contributed by atoms with Gasteiger partial charge in [-0.1, -0.05) is 6.92 Å². The van der Waals surface area contributed by atoms with Gasteiger partial charge in [-0.3, -0.25) is 0 Å². The third kappa shape index (κ3) is 9.09. The van der Waals surface area contributed by atoms with E-state index in [9.17, 15) is 10.2 Å². The predicted molar refractivity (Wildman–Crippen MR) is 65.5 cm³/mol. The van der Waals surface area contributed by atoms with E-state index in [4.69, 9.17) is 4.74 Å². The van der Waals surface area contributed by atoms with Gasteiger partial charge in [0.15, 0.2) is 0 Å². The van der Waals surface area contributed by atoms with Crippen LogP contribution in [0, 0.1) is 0 Å². The van der Waals surface area contributed by atoms with E-state index >= 15 is 0 Å². The minimum Gasteiger partial charge on any atom is -0.389 e. The third-order valence-electron chi connectivity index (χ3n) is 2.36. The van der Waals surface area contributed by atoms with Crippen molar-refractivity contribution in [2.75, 3.05) is 19.7 Å². The molecule has 0 rings (SSSR count). The van der Waals surface area contributed by atoms with E-state index < -0.39 is 11.7 Å². The van der Waals surface area contributed by atoms with E-state index in [1.54, 1.807) is 6.92 Å². The molecule has 0 heterocycles. The molecule has 2 unspecified atom stereocenters. The molecule has 98 valence electrons. The average molecular weight is 233 g/mol. The van der Waals surface area contributed by atoms with Crippen LogP contribution in [0.5, 0.6) is 0 Å². The monoisotopic (exact) mass is 233 g/mol. The fourth-order valence-electron chi connectivity index (χ4n) is 1.04. The maximum absolute atomic E-state index is 9.72. The molecule has 3 N–H and O–H groups in total. The minimum atomic E-state index is -0.704. The Morgan fingerprint density at radius 1 is 1.25 bits per heavy atom. The highest BCUT2D eigenvalue weighted by molar-refractivity contribution is 4.74. The van der Waals surface area contributed by atoms with Gasteiger partial charge >= 0.3 is 0 Å². The van der Waals surface area contributed by atoms with Crippen LogP contribution in [-0.4, -0.2) is 47.2 Å². The van der Waals surface area contributed by atoms with Crippen molar-refractivity contribution in [3.05, 3.63) is 0 Å². The molecule has 0 radical (unpaired) electrons. The highest BCUT2D eigenvalue weighted by atomic mass is 16.5. The van der Waals surface area contributed by atoms with Crippen molar-refractivity contribution in [1.82, 2.24) is 5.32 Å². The van der Waals surface area contributed by atoms with Crippen molar-refractivity contribution in [3.63, 3.8) is 0 Å². The first-order valence-electron chi connectivity index (χ1n) is 5.91. The molecular weight excluding hydrogens is 206 g/mol. The average Bonchev–Trinajstić information content (AvgIpc) is 2.13. The Labute approximate surface area is 99.0 Å². The second kappa shape index (κ2) is 6.55. The number of ether oxygens (including phenoxy) is 1. The molecular formula is C12H27NO3. The topological polar surface area (TPSA) is 61.7 Å². The van der Waals surface area contributed by atoms with Gasteiger partial charge in [0, 0.05) is 13.1 Å². The minimum absolute atomic E-state index is 0.226. The molecule has 4 nitrogen and oxygen atoms in total. The van der Waals surface area contributed by atoms with Crippen LogP contribution in [0.2, 0.25) is 0 Å². The van der Waals surface area contributed by atoms with E-state index in [1.807, 2.05) is 27.7 Å². The molecule has 4 heteroatoms. The summed E-state index contributed by atoms with van der Waals surface area (Å²) >= 11 is 0. The maximum Gasteiger partial charge on any atom is 0.0897 e. The van der Waals surface area contributed by atoms with Crippen LogP contribution in [0.25, 0.3) is 0 Å². The number of hydrogen-bond donors (Lipinski definition) is 3. The Balaban J connectivity index is 3.63. The van der Waals surface area contributed by atoms with Crippen LogP contribution in [0.1, 0.15) is 41.0 Å². The summed E-state index contributed by atoms with van der Waals surface area (Å²) in [5, 5.41) is 22.4. The molecule has 0 saturated carbocycles. The fourth-order valence-corrected chi connectivity index (χ4v) is 1.04. The molecule has 2 atom stereocenters. The highest BCUT2D eigenvalue weighted by Gasteiger charge is 2.18. The Morgan fingerprint density at radius 2 is 1.81 bits per heavy atom. The summed E-state index contributed by atoms with van der Waals surface area (Å²) in [6.45, 7) is 10.8. The SMILES string of the molecule is CCC(C)(O)CNCC(O)COC(C)(C)C. The zero-order valence-electron chi connectivity index (χ0n) is 11.2. The van der Waals surface area contributed by atoms with Crippen LogP contribution in [0.15, 0.2) is 0 Å². The van der Waals surface area contributed by atoms with Gasteiger partial charge in [-0.05, 0) is 34.1 Å². The second-order valence-corrected chi connectivity index (χ2v) is 5.56. The van der Waals surface area contributed by atoms with Crippen LogP contribution in [-0.2, 0) is 4.74 Å². The van der Waals surface area contributed by atoms with Gasteiger partial charge in [0.05, 0.1) is 23.9 Å². The van der Waals surface area contributed by atoms with E-state index in [0.29, 0.717) is 26.1 Å². The van der Waals surface area contributed by atoms with Gasteiger partial charge in [0.2, 0.25) is 0 Å². The smallest absolute Gasteiger partial charge is 0.0897 e. The zero-order chi connectivity index (χ0) is 12.8. The quantitative estimate of drug-likeness (QED) is 0.612. The maximum atomic E-state index is 9.72. The summed E-state index contributed by atoms with van der Waals surface area (Å²) in [6, 6.07) is 0. The summed E-state index contributed by atoms with van der Waals surface area (Å²) in [4.78, 5) is 0. The molecule has 0 aromatic carbocycles. The molecule has 0 aromatic heterocycles. The van der Waals surface area contributed by atoms with Gasteiger partial charge in [0.25, 0.3) is 0 Å². The fraction of sp³-hybridized carbons (Fsp3) is 1.00. The largest absolute Gasteiger partial charge is 0.389 e. The van der Waals surface area contributed by atoms with Gasteiger partial charge in [0.1, 0.15) is 0 Å². The summed E-state index contributed by atoms with van der Waals surface area (Å²) in [5.41, 5.74) is -0.930. The molecule has 0 saturated heterocycles. The zero-order valence-corrected chi connectivity index (χ0v) is 11.2. The van der Waals surface area contributed by atoms with Crippen molar-refractivity contribution in [2.45, 2.75) is 58.3 Å². The van der Waals surface area contributed by atoms with Crippen LogP contribution < -0.4 is 5.32 Å². The van der Waals surface area contributed by atoms with Crippen molar-refractivity contribution >= 4 is 0 Å². The Morgan fingerprint density at radius 3 is 2.25 bits per heavy atom. The third-order valence-corrected chi connectivity index (χ3v) is 2.36. The van der Waals surface area contributed by atoms with Crippen molar-refractivity contribution < 1.29 is 14.9 Å². The molecule has 16 heavy (non-hydrogen) atoms. The Hall–Kier alpha value is -0.160. The van der Waals surface area contributed by atoms with Gasteiger partial charge in [-0.2, -0.15) is 0 Å². The first-order valence-corrected chi connectivity index (χ1v) is 5.91. The predicted octanol–water partition coefficient (Wildman–Crippen LogP) is 0.913. The number of rotatable bonds is 7. The van der Waals surface area contributed by atoms with Crippen LogP contribution >= 0.6 is 0 Å². The van der Waals surface area contributed by atoms with Crippen LogP contribution in [0.4, 0.5) is 0 Å². The lowest BCUT2D eigenvalue weighted by molar-refractivity contribution is -0.0491. The standard InChI is InChI=1S/C12H27NO3/c1-6-12(5,15)9-13-7-10(14)8-16-11(2,3)4/h10,13-15H,6-9H2,1-5H3. The van der Waals surface area contributed by atoms with E-state index in [-0.39, 0.29) is 5.60 Å². The lowest BCUT2D eigenvalue weighted by Gasteiger charge is -2.24. The number of hydrogen-bond acceptors (Lipinski definition) is 4. The highest BCUT2D eigenvalue weighted by Crippen LogP contribution is 2.07. The molecule has 0 aromatic rings. The van der Waals surface area contributed by atoms with Crippen molar-refractivity contribution in [1.29, 1.82) is 0 Å². The first kappa shape index (κ1) is 15.8. The Bertz CT molecular complexity index is 187. The summed E-state index contributed by atoms with van der Waals surface area (Å²) in [7, 11) is 0. The van der Waals surface area contributed by atoms with Gasteiger partial charge in [-0.15, -0.1) is 0 Å². The summed E-state index contributed by atoms with van der Waals surface area (Å²) < 4.78 is 5.45. The molecule has 0 bridgehead atoms. The second-order valence-electron chi connectivity index (χ2n) is 5.56. The Kier molecular flexibility index (Phi) is 6.48. The van der Waals surface area contributed by atoms with Gasteiger partial charge < -0.3 is 20.3 Å². The van der Waals surface area contributed by atoms with Crippen molar-refractivity contribution in [2.24, 2.45) is 0 Å². The first-order chi connectivity index (χ1) is 7.16. The summed E-state index contributed by atoms with van der Waals surface area (Å²) in [5.74, 6) is 0. The van der Waals surface area contributed by atoms with Crippen molar-refractivity contribution in [3.8, 4) is 0 Å². The molecule has 0 amide bonds. The summed E-state index contributed by atoms with van der Waals surface area (Å²) in [6.07, 6.45) is 0.154. The lowest BCUT2D eigenvalue weighted by atomic mass is 10.0. The number of aliphatic hydroxyl groups is 2. The molecule has 0 aliphatic rings. The van der Waals surface area contributed by atoms with E-state index in [0.717, 1.165) is 0 Å². The van der Waals surface area contributed by atoms with E-state index in [2.05, 4.69) is 5.32 Å². The lowest BCUT2D eigenvalue weighted by Crippen LogP contribution is -2.41. The van der Waals surface area contributed by atoms with E-state index in [1.165, 1.54) is 0 Å². The molecule has 0 fully saturated rings. The molecule has 0 aliphatic carbocycles.